The Morgan fingerprint density at radius 3 is 2.14 bits per heavy atom. The fourth-order valence-electron chi connectivity index (χ4n) is 3.11. The Balaban J connectivity index is 2.11. The van der Waals surface area contributed by atoms with E-state index in [2.05, 4.69) is 0 Å². The zero-order valence-corrected chi connectivity index (χ0v) is 13.6. The van der Waals surface area contributed by atoms with Crippen molar-refractivity contribution in [2.45, 2.75) is 32.7 Å². The quantitative estimate of drug-likeness (QED) is 0.805. The van der Waals surface area contributed by atoms with Gasteiger partial charge in [0, 0.05) is 24.2 Å². The summed E-state index contributed by atoms with van der Waals surface area (Å²) in [6.07, 6.45) is 2.11. The second-order valence-corrected chi connectivity index (χ2v) is 6.44. The van der Waals surface area contributed by atoms with Gasteiger partial charge in [0.2, 0.25) is 0 Å². The van der Waals surface area contributed by atoms with Gasteiger partial charge >= 0.3 is 0 Å². The number of benzene rings is 1. The van der Waals surface area contributed by atoms with Gasteiger partial charge in [-0.1, -0.05) is 23.7 Å². The van der Waals surface area contributed by atoms with Crippen LogP contribution in [0.3, 0.4) is 0 Å². The topological polar surface area (TPSA) is 40.6 Å². The molecule has 0 aromatic heterocycles. The van der Waals surface area contributed by atoms with Crippen LogP contribution in [0, 0.1) is 0 Å². The third-order valence-electron chi connectivity index (χ3n) is 4.16. The molecule has 22 heavy (non-hydrogen) atoms. The van der Waals surface area contributed by atoms with Gasteiger partial charge in [0.05, 0.1) is 5.57 Å². The SMILES string of the molecule is CC(C)N1C(=O)C(c2ccc(Cl)cc2)=C(N2CCCC2)C1=O. The van der Waals surface area contributed by atoms with Crippen LogP contribution >= 0.6 is 11.6 Å². The second-order valence-electron chi connectivity index (χ2n) is 6.00. The lowest BCUT2D eigenvalue weighted by atomic mass is 10.0. The summed E-state index contributed by atoms with van der Waals surface area (Å²) in [5.74, 6) is -0.379. The highest BCUT2D eigenvalue weighted by Gasteiger charge is 2.43. The first-order valence-electron chi connectivity index (χ1n) is 7.63. The van der Waals surface area contributed by atoms with E-state index in [4.69, 9.17) is 11.6 Å². The summed E-state index contributed by atoms with van der Waals surface area (Å²) < 4.78 is 0. The number of halogens is 1. The molecule has 0 radical (unpaired) electrons. The molecule has 0 bridgehead atoms. The number of carbonyl (C=O) groups excluding carboxylic acids is 2. The molecule has 5 heteroatoms. The molecule has 1 aromatic carbocycles. The largest absolute Gasteiger partial charge is 0.366 e. The zero-order valence-electron chi connectivity index (χ0n) is 12.8. The Kier molecular flexibility index (Phi) is 3.96. The van der Waals surface area contributed by atoms with Crippen molar-refractivity contribution in [1.82, 2.24) is 9.80 Å². The molecule has 4 nitrogen and oxygen atoms in total. The van der Waals surface area contributed by atoms with Crippen LogP contribution in [0.2, 0.25) is 5.02 Å². The number of hydrogen-bond acceptors (Lipinski definition) is 3. The van der Waals surface area contributed by atoms with Crippen molar-refractivity contribution in [3.8, 4) is 0 Å². The fraction of sp³-hybridized carbons (Fsp3) is 0.412. The molecule has 0 N–H and O–H groups in total. The van der Waals surface area contributed by atoms with Gasteiger partial charge in [-0.3, -0.25) is 14.5 Å². The van der Waals surface area contributed by atoms with Gasteiger partial charge in [-0.2, -0.15) is 0 Å². The Labute approximate surface area is 135 Å². The van der Waals surface area contributed by atoms with Crippen LogP contribution in [0.1, 0.15) is 32.3 Å². The van der Waals surface area contributed by atoms with E-state index < -0.39 is 0 Å². The third kappa shape index (κ3) is 2.41. The number of carbonyl (C=O) groups is 2. The lowest BCUT2D eigenvalue weighted by molar-refractivity contribution is -0.139. The molecule has 1 aromatic rings. The van der Waals surface area contributed by atoms with Crippen molar-refractivity contribution in [3.63, 3.8) is 0 Å². The first-order chi connectivity index (χ1) is 10.5. The van der Waals surface area contributed by atoms with Crippen molar-refractivity contribution in [2.24, 2.45) is 0 Å². The van der Waals surface area contributed by atoms with E-state index in [1.165, 1.54) is 4.90 Å². The average molecular weight is 319 g/mol. The van der Waals surface area contributed by atoms with E-state index in [1.54, 1.807) is 12.1 Å². The Bertz CT molecular complexity index is 643. The highest BCUT2D eigenvalue weighted by atomic mass is 35.5. The van der Waals surface area contributed by atoms with Crippen molar-refractivity contribution >= 4 is 29.0 Å². The normalized spacial score (nSPS) is 19.1. The van der Waals surface area contributed by atoms with Crippen molar-refractivity contribution in [1.29, 1.82) is 0 Å². The minimum atomic E-state index is -0.204. The van der Waals surface area contributed by atoms with Crippen LogP contribution < -0.4 is 0 Å². The third-order valence-corrected chi connectivity index (χ3v) is 4.41. The number of hydrogen-bond donors (Lipinski definition) is 0. The van der Waals surface area contributed by atoms with E-state index in [1.807, 2.05) is 30.9 Å². The molecule has 1 saturated heterocycles. The highest BCUT2D eigenvalue weighted by Crippen LogP contribution is 2.34. The van der Waals surface area contributed by atoms with Crippen LogP contribution in [-0.2, 0) is 9.59 Å². The summed E-state index contributed by atoms with van der Waals surface area (Å²) in [4.78, 5) is 29.0. The molecule has 0 saturated carbocycles. The van der Waals surface area contributed by atoms with Crippen LogP contribution in [-0.4, -0.2) is 40.7 Å². The van der Waals surface area contributed by atoms with Crippen molar-refractivity contribution in [3.05, 3.63) is 40.5 Å². The molecule has 2 aliphatic heterocycles. The molecular weight excluding hydrogens is 300 g/mol. The molecule has 1 fully saturated rings. The summed E-state index contributed by atoms with van der Waals surface area (Å²) in [6.45, 7) is 5.39. The number of rotatable bonds is 3. The van der Waals surface area contributed by atoms with Gasteiger partial charge in [0.15, 0.2) is 0 Å². The second kappa shape index (κ2) is 5.76. The summed E-state index contributed by atoms with van der Waals surface area (Å²) in [6, 6.07) is 6.97. The number of imide groups is 1. The molecule has 2 heterocycles. The number of amides is 2. The molecule has 0 aliphatic carbocycles. The van der Waals surface area contributed by atoms with Gasteiger partial charge < -0.3 is 4.90 Å². The van der Waals surface area contributed by atoms with E-state index in [0.29, 0.717) is 16.3 Å². The van der Waals surface area contributed by atoms with Crippen LogP contribution in [0.4, 0.5) is 0 Å². The summed E-state index contributed by atoms with van der Waals surface area (Å²) >= 11 is 5.94. The summed E-state index contributed by atoms with van der Waals surface area (Å²) in [5.41, 5.74) is 1.82. The van der Waals surface area contributed by atoms with Crippen LogP contribution in [0.25, 0.3) is 5.57 Å². The predicted octanol–water partition coefficient (Wildman–Crippen LogP) is 2.92. The molecule has 0 unspecified atom stereocenters. The van der Waals surface area contributed by atoms with Gasteiger partial charge in [0.25, 0.3) is 11.8 Å². The molecule has 3 rings (SSSR count). The van der Waals surface area contributed by atoms with Gasteiger partial charge in [-0.05, 0) is 44.4 Å². The number of likely N-dealkylation sites (tertiary alicyclic amines) is 1. The molecule has 2 amide bonds. The zero-order chi connectivity index (χ0) is 15.9. The molecule has 0 atom stereocenters. The Morgan fingerprint density at radius 2 is 1.59 bits per heavy atom. The molecule has 2 aliphatic rings. The van der Waals surface area contributed by atoms with E-state index in [-0.39, 0.29) is 17.9 Å². The number of nitrogens with zero attached hydrogens (tertiary/aromatic N) is 2. The Hall–Kier alpha value is -1.81. The molecule has 116 valence electrons. The monoisotopic (exact) mass is 318 g/mol. The van der Waals surface area contributed by atoms with Crippen molar-refractivity contribution < 1.29 is 9.59 Å². The maximum atomic E-state index is 12.8. The lowest BCUT2D eigenvalue weighted by Gasteiger charge is -2.22. The maximum Gasteiger partial charge on any atom is 0.278 e. The van der Waals surface area contributed by atoms with Gasteiger partial charge in [0.1, 0.15) is 5.70 Å². The van der Waals surface area contributed by atoms with Crippen LogP contribution in [0.15, 0.2) is 30.0 Å². The fourth-order valence-corrected chi connectivity index (χ4v) is 3.24. The predicted molar refractivity (Wildman–Crippen MR) is 86.2 cm³/mol. The first kappa shape index (κ1) is 15.1. The van der Waals surface area contributed by atoms with E-state index in [9.17, 15) is 9.59 Å². The summed E-state index contributed by atoms with van der Waals surface area (Å²) in [5, 5.41) is 0.615. The van der Waals surface area contributed by atoms with Crippen molar-refractivity contribution in [2.75, 3.05) is 13.1 Å². The standard InChI is InChI=1S/C17H19ClN2O2/c1-11(2)20-16(21)14(12-5-7-13(18)8-6-12)15(17(20)22)19-9-3-4-10-19/h5-8,11H,3-4,9-10H2,1-2H3. The highest BCUT2D eigenvalue weighted by molar-refractivity contribution is 6.36. The maximum absolute atomic E-state index is 12.8. The average Bonchev–Trinajstić information content (AvgIpc) is 3.06. The smallest absolute Gasteiger partial charge is 0.278 e. The summed E-state index contributed by atoms with van der Waals surface area (Å²) in [7, 11) is 0. The van der Waals surface area contributed by atoms with Gasteiger partial charge in [-0.25, -0.2) is 0 Å². The molecular formula is C17H19ClN2O2. The lowest BCUT2D eigenvalue weighted by Crippen LogP contribution is -2.39. The minimum absolute atomic E-state index is 0.151. The Morgan fingerprint density at radius 1 is 1.00 bits per heavy atom. The minimum Gasteiger partial charge on any atom is -0.366 e. The van der Waals surface area contributed by atoms with Gasteiger partial charge in [-0.15, -0.1) is 0 Å². The van der Waals surface area contributed by atoms with E-state index >= 15 is 0 Å². The van der Waals surface area contributed by atoms with E-state index in [0.717, 1.165) is 31.5 Å². The molecule has 0 spiro atoms. The first-order valence-corrected chi connectivity index (χ1v) is 8.01. The van der Waals surface area contributed by atoms with Crippen LogP contribution in [0.5, 0.6) is 0 Å².